The summed E-state index contributed by atoms with van der Waals surface area (Å²) in [6, 6.07) is 15.8. The maximum Gasteiger partial charge on any atom is 0.252 e. The Kier molecular flexibility index (Phi) is 4.78. The standard InChI is InChI=1S/C18H18BrNO2/c19-17-11-15(22-12-13-5-2-1-3-6-13)9-10-16(17)18(21)20-14-7-4-8-14/h1-3,5-6,9-11,14H,4,7-8,12H2,(H,20,21). The Morgan fingerprint density at radius 1 is 1.18 bits per heavy atom. The van der Waals surface area contributed by atoms with Crippen molar-refractivity contribution in [3.63, 3.8) is 0 Å². The van der Waals surface area contributed by atoms with Crippen LogP contribution in [0, 0.1) is 0 Å². The van der Waals surface area contributed by atoms with Crippen LogP contribution in [0.4, 0.5) is 0 Å². The van der Waals surface area contributed by atoms with E-state index in [1.54, 1.807) is 6.07 Å². The molecule has 0 radical (unpaired) electrons. The minimum atomic E-state index is -0.0221. The summed E-state index contributed by atoms with van der Waals surface area (Å²) in [6.07, 6.45) is 3.38. The number of ether oxygens (including phenoxy) is 1. The highest BCUT2D eigenvalue weighted by Gasteiger charge is 2.21. The smallest absolute Gasteiger partial charge is 0.252 e. The molecule has 114 valence electrons. The van der Waals surface area contributed by atoms with Gasteiger partial charge in [0.25, 0.3) is 5.91 Å². The van der Waals surface area contributed by atoms with Gasteiger partial charge < -0.3 is 10.1 Å². The number of carbonyl (C=O) groups is 1. The summed E-state index contributed by atoms with van der Waals surface area (Å²) in [5.74, 6) is 0.724. The summed E-state index contributed by atoms with van der Waals surface area (Å²) in [7, 11) is 0. The third-order valence-electron chi connectivity index (χ3n) is 3.87. The molecule has 1 amide bonds. The lowest BCUT2D eigenvalue weighted by molar-refractivity contribution is 0.0916. The fourth-order valence-electron chi connectivity index (χ4n) is 2.33. The zero-order valence-electron chi connectivity index (χ0n) is 12.2. The number of carbonyl (C=O) groups excluding carboxylic acids is 1. The SMILES string of the molecule is O=C(NC1CCC1)c1ccc(OCc2ccccc2)cc1Br. The van der Waals surface area contributed by atoms with Gasteiger partial charge in [0.15, 0.2) is 0 Å². The Labute approximate surface area is 138 Å². The van der Waals surface area contributed by atoms with E-state index in [1.165, 1.54) is 6.42 Å². The zero-order chi connectivity index (χ0) is 15.4. The molecule has 0 spiro atoms. The summed E-state index contributed by atoms with van der Waals surface area (Å²) in [6.45, 7) is 0.515. The topological polar surface area (TPSA) is 38.3 Å². The van der Waals surface area contributed by atoms with Crippen LogP contribution in [0.15, 0.2) is 53.0 Å². The van der Waals surface area contributed by atoms with Crippen LogP contribution >= 0.6 is 15.9 Å². The molecule has 0 bridgehead atoms. The van der Waals surface area contributed by atoms with E-state index < -0.39 is 0 Å². The van der Waals surface area contributed by atoms with Crippen molar-refractivity contribution in [3.8, 4) is 5.75 Å². The highest BCUT2D eigenvalue weighted by Crippen LogP contribution is 2.25. The number of halogens is 1. The van der Waals surface area contributed by atoms with Gasteiger partial charge in [0.2, 0.25) is 0 Å². The van der Waals surface area contributed by atoms with Crippen molar-refractivity contribution in [2.75, 3.05) is 0 Å². The second-order valence-corrected chi connectivity index (χ2v) is 6.37. The van der Waals surface area contributed by atoms with E-state index in [0.717, 1.165) is 28.6 Å². The molecule has 2 aromatic carbocycles. The number of hydrogen-bond donors (Lipinski definition) is 1. The minimum Gasteiger partial charge on any atom is -0.489 e. The molecule has 3 nitrogen and oxygen atoms in total. The quantitative estimate of drug-likeness (QED) is 0.863. The van der Waals surface area contributed by atoms with Crippen molar-refractivity contribution < 1.29 is 9.53 Å². The monoisotopic (exact) mass is 359 g/mol. The van der Waals surface area contributed by atoms with Gasteiger partial charge in [-0.2, -0.15) is 0 Å². The van der Waals surface area contributed by atoms with Crippen LogP contribution in [-0.2, 0) is 6.61 Å². The van der Waals surface area contributed by atoms with Gasteiger partial charge in [0, 0.05) is 10.5 Å². The van der Waals surface area contributed by atoms with E-state index in [2.05, 4.69) is 21.2 Å². The van der Waals surface area contributed by atoms with Crippen LogP contribution in [0.25, 0.3) is 0 Å². The highest BCUT2D eigenvalue weighted by molar-refractivity contribution is 9.10. The van der Waals surface area contributed by atoms with E-state index in [-0.39, 0.29) is 5.91 Å². The number of rotatable bonds is 5. The van der Waals surface area contributed by atoms with E-state index in [9.17, 15) is 4.79 Å². The first-order valence-corrected chi connectivity index (χ1v) is 8.29. The lowest BCUT2D eigenvalue weighted by Crippen LogP contribution is -2.39. The summed E-state index contributed by atoms with van der Waals surface area (Å²) in [5.41, 5.74) is 1.77. The fraction of sp³-hybridized carbons (Fsp3) is 0.278. The molecule has 1 fully saturated rings. The van der Waals surface area contributed by atoms with Crippen molar-refractivity contribution in [3.05, 3.63) is 64.1 Å². The molecular formula is C18H18BrNO2. The van der Waals surface area contributed by atoms with Crippen molar-refractivity contribution >= 4 is 21.8 Å². The Balaban J connectivity index is 1.62. The van der Waals surface area contributed by atoms with Gasteiger partial charge in [0.1, 0.15) is 12.4 Å². The van der Waals surface area contributed by atoms with Crippen molar-refractivity contribution in [1.29, 1.82) is 0 Å². The molecule has 0 atom stereocenters. The Morgan fingerprint density at radius 3 is 2.59 bits per heavy atom. The second kappa shape index (κ2) is 6.97. The number of hydrogen-bond acceptors (Lipinski definition) is 2. The number of amides is 1. The normalized spacial score (nSPS) is 14.2. The lowest BCUT2D eigenvalue weighted by atomic mass is 9.93. The summed E-state index contributed by atoms with van der Waals surface area (Å²) >= 11 is 3.46. The lowest BCUT2D eigenvalue weighted by Gasteiger charge is -2.26. The molecule has 0 unspecified atom stereocenters. The predicted octanol–water partition coefficient (Wildman–Crippen LogP) is 4.31. The summed E-state index contributed by atoms with van der Waals surface area (Å²) < 4.78 is 6.52. The molecule has 0 aromatic heterocycles. The Bertz CT molecular complexity index is 653. The largest absolute Gasteiger partial charge is 0.489 e. The molecule has 2 aromatic rings. The van der Waals surface area contributed by atoms with Crippen LogP contribution < -0.4 is 10.1 Å². The van der Waals surface area contributed by atoms with Crippen LogP contribution in [0.1, 0.15) is 35.2 Å². The van der Waals surface area contributed by atoms with Gasteiger partial charge >= 0.3 is 0 Å². The van der Waals surface area contributed by atoms with E-state index in [1.807, 2.05) is 42.5 Å². The first-order chi connectivity index (χ1) is 10.7. The number of benzene rings is 2. The van der Waals surface area contributed by atoms with Crippen LogP contribution in [0.2, 0.25) is 0 Å². The average molecular weight is 360 g/mol. The molecule has 1 aliphatic carbocycles. The fourth-order valence-corrected chi connectivity index (χ4v) is 2.86. The third-order valence-corrected chi connectivity index (χ3v) is 4.53. The Morgan fingerprint density at radius 2 is 1.95 bits per heavy atom. The van der Waals surface area contributed by atoms with Gasteiger partial charge in [-0.15, -0.1) is 0 Å². The average Bonchev–Trinajstić information content (AvgIpc) is 2.50. The molecule has 1 aliphatic rings. The van der Waals surface area contributed by atoms with Gasteiger partial charge in [-0.05, 0) is 59.0 Å². The van der Waals surface area contributed by atoms with Crippen LogP contribution in [0.3, 0.4) is 0 Å². The van der Waals surface area contributed by atoms with Gasteiger partial charge in [-0.1, -0.05) is 30.3 Å². The van der Waals surface area contributed by atoms with Crippen LogP contribution in [-0.4, -0.2) is 11.9 Å². The van der Waals surface area contributed by atoms with Gasteiger partial charge in [0.05, 0.1) is 5.56 Å². The van der Waals surface area contributed by atoms with E-state index in [4.69, 9.17) is 4.74 Å². The molecule has 3 rings (SSSR count). The molecule has 0 heterocycles. The van der Waals surface area contributed by atoms with E-state index in [0.29, 0.717) is 18.2 Å². The molecule has 0 saturated heterocycles. The molecule has 22 heavy (non-hydrogen) atoms. The molecule has 4 heteroatoms. The predicted molar refractivity (Wildman–Crippen MR) is 90.0 cm³/mol. The van der Waals surface area contributed by atoms with Gasteiger partial charge in [-0.25, -0.2) is 0 Å². The van der Waals surface area contributed by atoms with Gasteiger partial charge in [-0.3, -0.25) is 4.79 Å². The van der Waals surface area contributed by atoms with E-state index >= 15 is 0 Å². The summed E-state index contributed by atoms with van der Waals surface area (Å²) in [4.78, 5) is 12.2. The minimum absolute atomic E-state index is 0.0221. The maximum absolute atomic E-state index is 12.2. The molecule has 1 saturated carbocycles. The maximum atomic E-state index is 12.2. The van der Waals surface area contributed by atoms with Crippen molar-refractivity contribution in [1.82, 2.24) is 5.32 Å². The molecule has 0 aliphatic heterocycles. The first-order valence-electron chi connectivity index (χ1n) is 7.49. The number of nitrogens with one attached hydrogen (secondary N) is 1. The second-order valence-electron chi connectivity index (χ2n) is 5.52. The molecular weight excluding hydrogens is 342 g/mol. The Hall–Kier alpha value is -1.81. The third kappa shape index (κ3) is 3.69. The van der Waals surface area contributed by atoms with Crippen LogP contribution in [0.5, 0.6) is 5.75 Å². The van der Waals surface area contributed by atoms with Crippen molar-refractivity contribution in [2.45, 2.75) is 31.9 Å². The highest BCUT2D eigenvalue weighted by atomic mass is 79.9. The van der Waals surface area contributed by atoms with Crippen molar-refractivity contribution in [2.24, 2.45) is 0 Å². The zero-order valence-corrected chi connectivity index (χ0v) is 13.8. The first kappa shape index (κ1) is 15.1. The summed E-state index contributed by atoms with van der Waals surface area (Å²) in [5, 5.41) is 3.04. The molecule has 1 N–H and O–H groups in total.